The molecule has 0 amide bonds. The Labute approximate surface area is 172 Å². The summed E-state index contributed by atoms with van der Waals surface area (Å²) in [5.41, 5.74) is 4.31. The third-order valence-corrected chi connectivity index (χ3v) is 6.62. The predicted octanol–water partition coefficient (Wildman–Crippen LogP) is 5.11. The van der Waals surface area contributed by atoms with Crippen LogP contribution in [0.5, 0.6) is 0 Å². The van der Waals surface area contributed by atoms with Gasteiger partial charge in [-0.15, -0.1) is 0 Å². The van der Waals surface area contributed by atoms with Crippen molar-refractivity contribution < 1.29 is 19.0 Å². The summed E-state index contributed by atoms with van der Waals surface area (Å²) in [5.74, 6) is 0.409. The highest BCUT2D eigenvalue weighted by Gasteiger charge is 2.44. The fourth-order valence-corrected chi connectivity index (χ4v) is 4.92. The molecule has 3 aliphatic rings. The Hall–Kier alpha value is -2.17. The molecular formula is C25H28O4. The van der Waals surface area contributed by atoms with Crippen LogP contribution in [0.1, 0.15) is 60.4 Å². The van der Waals surface area contributed by atoms with Gasteiger partial charge in [0.25, 0.3) is 0 Å². The Kier molecular flexibility index (Phi) is 5.38. The minimum atomic E-state index is -0.311. The van der Waals surface area contributed by atoms with Crippen LogP contribution in [0.25, 0.3) is 11.1 Å². The molecule has 0 radical (unpaired) electrons. The van der Waals surface area contributed by atoms with Crippen molar-refractivity contribution in [3.63, 3.8) is 0 Å². The normalized spacial score (nSPS) is 27.0. The van der Waals surface area contributed by atoms with Crippen molar-refractivity contribution in [1.82, 2.24) is 0 Å². The Morgan fingerprint density at radius 2 is 1.52 bits per heavy atom. The van der Waals surface area contributed by atoms with E-state index in [1.54, 1.807) is 0 Å². The molecule has 2 aromatic rings. The van der Waals surface area contributed by atoms with Gasteiger partial charge in [-0.1, -0.05) is 55.7 Å². The van der Waals surface area contributed by atoms with Crippen molar-refractivity contribution in [1.29, 1.82) is 0 Å². The second-order valence-electron chi connectivity index (χ2n) is 8.47. The molecule has 0 N–H and O–H groups in total. The summed E-state index contributed by atoms with van der Waals surface area (Å²) < 4.78 is 17.0. The largest absolute Gasteiger partial charge is 0.453 e. The molecule has 2 heterocycles. The van der Waals surface area contributed by atoms with Gasteiger partial charge in [0, 0.05) is 6.61 Å². The summed E-state index contributed by atoms with van der Waals surface area (Å²) in [5, 5.41) is 0. The average Bonchev–Trinajstić information content (AvgIpc) is 3.40. The maximum Gasteiger partial charge on any atom is 0.338 e. The first kappa shape index (κ1) is 18.8. The van der Waals surface area contributed by atoms with Gasteiger partial charge in [-0.05, 0) is 54.0 Å². The highest BCUT2D eigenvalue weighted by atomic mass is 16.6. The molecule has 0 aromatic heterocycles. The summed E-state index contributed by atoms with van der Waals surface area (Å²) in [7, 11) is 0. The summed E-state index contributed by atoms with van der Waals surface area (Å²) in [6, 6.07) is 16.6. The minimum absolute atomic E-state index is 0.0757. The van der Waals surface area contributed by atoms with Crippen LogP contribution in [0.4, 0.5) is 0 Å². The van der Waals surface area contributed by atoms with Crippen molar-refractivity contribution >= 4 is 5.97 Å². The molecule has 0 bridgehead atoms. The number of hydrogen-bond donors (Lipinski definition) is 0. The van der Waals surface area contributed by atoms with Gasteiger partial charge < -0.3 is 14.2 Å². The highest BCUT2D eigenvalue weighted by Crippen LogP contribution is 2.34. The molecule has 3 fully saturated rings. The second-order valence-corrected chi connectivity index (χ2v) is 8.47. The number of benzene rings is 2. The van der Waals surface area contributed by atoms with E-state index in [1.165, 1.54) is 43.2 Å². The zero-order chi connectivity index (χ0) is 19.6. The molecule has 0 spiro atoms. The van der Waals surface area contributed by atoms with Gasteiger partial charge >= 0.3 is 5.97 Å². The number of carbonyl (C=O) groups is 1. The van der Waals surface area contributed by atoms with E-state index in [2.05, 4.69) is 24.3 Å². The average molecular weight is 392 g/mol. The second kappa shape index (κ2) is 8.29. The van der Waals surface area contributed by atoms with Crippen molar-refractivity contribution in [2.45, 2.75) is 62.8 Å². The standard InChI is InChI=1S/C25H28O4/c26-25(29-23-16-28-22-14-15-27-24(22)23)21-12-10-20(11-13-21)19-8-6-18(7-9-19)17-4-2-1-3-5-17/h6-13,17,22-24H,1-5,14-16H2. The van der Waals surface area contributed by atoms with E-state index in [9.17, 15) is 4.79 Å². The summed E-state index contributed by atoms with van der Waals surface area (Å²) in [4.78, 5) is 12.5. The van der Waals surface area contributed by atoms with E-state index in [0.29, 0.717) is 18.8 Å². The summed E-state index contributed by atoms with van der Waals surface area (Å²) >= 11 is 0. The maximum absolute atomic E-state index is 12.5. The van der Waals surface area contributed by atoms with Gasteiger partial charge in [0.2, 0.25) is 0 Å². The molecule has 4 heteroatoms. The summed E-state index contributed by atoms with van der Waals surface area (Å²) in [6.45, 7) is 1.10. The number of rotatable bonds is 4. The molecule has 2 aliphatic heterocycles. The maximum atomic E-state index is 12.5. The van der Waals surface area contributed by atoms with Crippen LogP contribution in [0.2, 0.25) is 0 Å². The first-order chi connectivity index (χ1) is 14.3. The number of fused-ring (bicyclic) bond motifs is 1. The molecule has 29 heavy (non-hydrogen) atoms. The van der Waals surface area contributed by atoms with Gasteiger partial charge in [-0.25, -0.2) is 4.79 Å². The lowest BCUT2D eigenvalue weighted by molar-refractivity contribution is -0.0148. The quantitative estimate of drug-likeness (QED) is 0.678. The smallest absolute Gasteiger partial charge is 0.338 e. The van der Waals surface area contributed by atoms with E-state index < -0.39 is 0 Å². The third kappa shape index (κ3) is 3.96. The highest BCUT2D eigenvalue weighted by molar-refractivity contribution is 5.90. The fraction of sp³-hybridized carbons (Fsp3) is 0.480. The molecule has 2 saturated heterocycles. The molecule has 2 aromatic carbocycles. The number of ether oxygens (including phenoxy) is 3. The topological polar surface area (TPSA) is 44.8 Å². The summed E-state index contributed by atoms with van der Waals surface area (Å²) in [6.07, 6.45) is 7.26. The minimum Gasteiger partial charge on any atom is -0.453 e. The molecule has 4 nitrogen and oxygen atoms in total. The number of esters is 1. The number of hydrogen-bond acceptors (Lipinski definition) is 4. The lowest BCUT2D eigenvalue weighted by atomic mass is 9.84. The molecule has 1 aliphatic carbocycles. The predicted molar refractivity (Wildman–Crippen MR) is 111 cm³/mol. The lowest BCUT2D eigenvalue weighted by Crippen LogP contribution is -2.32. The third-order valence-electron chi connectivity index (χ3n) is 6.62. The van der Waals surface area contributed by atoms with Crippen LogP contribution in [0.3, 0.4) is 0 Å². The van der Waals surface area contributed by atoms with Crippen LogP contribution in [0.15, 0.2) is 48.5 Å². The van der Waals surface area contributed by atoms with E-state index in [-0.39, 0.29) is 24.3 Å². The van der Waals surface area contributed by atoms with Crippen LogP contribution >= 0.6 is 0 Å². The van der Waals surface area contributed by atoms with E-state index >= 15 is 0 Å². The van der Waals surface area contributed by atoms with Gasteiger partial charge in [0.1, 0.15) is 6.10 Å². The van der Waals surface area contributed by atoms with E-state index in [4.69, 9.17) is 14.2 Å². The first-order valence-electron chi connectivity index (χ1n) is 10.9. The number of carbonyl (C=O) groups excluding carboxylic acids is 1. The van der Waals surface area contributed by atoms with Crippen LogP contribution < -0.4 is 0 Å². The molecule has 5 rings (SSSR count). The monoisotopic (exact) mass is 392 g/mol. The van der Waals surface area contributed by atoms with Crippen molar-refractivity contribution in [2.24, 2.45) is 0 Å². The van der Waals surface area contributed by atoms with Crippen molar-refractivity contribution in [2.75, 3.05) is 13.2 Å². The zero-order valence-electron chi connectivity index (χ0n) is 16.7. The van der Waals surface area contributed by atoms with Crippen molar-refractivity contribution in [3.05, 3.63) is 59.7 Å². The Morgan fingerprint density at radius 1 is 0.828 bits per heavy atom. The molecule has 3 atom stereocenters. The van der Waals surface area contributed by atoms with Crippen LogP contribution in [-0.2, 0) is 14.2 Å². The lowest BCUT2D eigenvalue weighted by Gasteiger charge is -2.22. The Bertz CT molecular complexity index is 836. The van der Waals surface area contributed by atoms with Gasteiger partial charge in [-0.3, -0.25) is 0 Å². The molecule has 152 valence electrons. The van der Waals surface area contributed by atoms with E-state index in [0.717, 1.165) is 17.9 Å². The molecule has 3 unspecified atom stereocenters. The zero-order valence-corrected chi connectivity index (χ0v) is 16.7. The SMILES string of the molecule is O=C(OC1COC2CCOC21)c1ccc(-c2ccc(C3CCCCC3)cc2)cc1. The Morgan fingerprint density at radius 3 is 2.24 bits per heavy atom. The van der Waals surface area contributed by atoms with Gasteiger partial charge in [0.05, 0.1) is 18.3 Å². The van der Waals surface area contributed by atoms with Crippen molar-refractivity contribution in [3.8, 4) is 11.1 Å². The molecular weight excluding hydrogens is 364 g/mol. The van der Waals surface area contributed by atoms with E-state index in [1.807, 2.05) is 24.3 Å². The Balaban J connectivity index is 1.23. The van der Waals surface area contributed by atoms with Crippen LogP contribution in [0, 0.1) is 0 Å². The first-order valence-corrected chi connectivity index (χ1v) is 10.9. The van der Waals surface area contributed by atoms with Gasteiger partial charge in [0.15, 0.2) is 6.10 Å². The van der Waals surface area contributed by atoms with Gasteiger partial charge in [-0.2, -0.15) is 0 Å². The van der Waals surface area contributed by atoms with Crippen LogP contribution in [-0.4, -0.2) is 37.5 Å². The fourth-order valence-electron chi connectivity index (χ4n) is 4.92. The molecule has 1 saturated carbocycles.